The Labute approximate surface area is 190 Å². The number of benzene rings is 1. The molecule has 162 valence electrons. The lowest BCUT2D eigenvalue weighted by Gasteiger charge is -2.22. The van der Waals surface area contributed by atoms with E-state index >= 15 is 0 Å². The molecule has 0 spiro atoms. The molecule has 3 heterocycles. The van der Waals surface area contributed by atoms with Gasteiger partial charge in [-0.15, -0.1) is 11.3 Å². The molecule has 1 saturated carbocycles. The van der Waals surface area contributed by atoms with E-state index in [0.29, 0.717) is 25.3 Å². The molecule has 1 N–H and O–H groups in total. The third-order valence-corrected chi connectivity index (χ3v) is 8.23. The van der Waals surface area contributed by atoms with E-state index < -0.39 is 11.4 Å². The highest BCUT2D eigenvalue weighted by Gasteiger charge is 2.46. The predicted molar refractivity (Wildman–Crippen MR) is 126 cm³/mol. The van der Waals surface area contributed by atoms with Gasteiger partial charge in [0.15, 0.2) is 5.65 Å². The van der Waals surface area contributed by atoms with Crippen LogP contribution in [0.25, 0.3) is 11.2 Å². The van der Waals surface area contributed by atoms with E-state index in [2.05, 4.69) is 35.8 Å². The molecule has 0 amide bonds. The van der Waals surface area contributed by atoms with Crippen molar-refractivity contribution in [2.75, 3.05) is 0 Å². The van der Waals surface area contributed by atoms with E-state index in [4.69, 9.17) is 9.97 Å². The summed E-state index contributed by atoms with van der Waals surface area (Å²) >= 11 is 1.63. The number of thiophene rings is 1. The molecule has 3 aromatic heterocycles. The van der Waals surface area contributed by atoms with Gasteiger partial charge in [0.25, 0.3) is 0 Å². The van der Waals surface area contributed by atoms with Gasteiger partial charge in [-0.2, -0.15) is 0 Å². The first kappa shape index (κ1) is 19.7. The van der Waals surface area contributed by atoms with Crippen LogP contribution in [0, 0.1) is 13.8 Å². The van der Waals surface area contributed by atoms with Gasteiger partial charge in [-0.05, 0) is 74.4 Å². The van der Waals surface area contributed by atoms with Crippen molar-refractivity contribution < 1.29 is 9.90 Å². The molecule has 0 bridgehead atoms. The van der Waals surface area contributed by atoms with Crippen LogP contribution in [-0.2, 0) is 29.6 Å². The Morgan fingerprint density at radius 2 is 1.84 bits per heavy atom. The molecule has 4 aromatic rings. The number of rotatable bonds is 5. The van der Waals surface area contributed by atoms with Crippen molar-refractivity contribution in [3.8, 4) is 0 Å². The Kier molecular flexibility index (Phi) is 4.31. The first-order valence-electron chi connectivity index (χ1n) is 11.2. The van der Waals surface area contributed by atoms with Gasteiger partial charge in [-0.1, -0.05) is 24.3 Å². The topological polar surface area (TPSA) is 68.0 Å². The normalized spacial score (nSPS) is 17.1. The zero-order valence-corrected chi connectivity index (χ0v) is 19.1. The molecule has 1 aromatic carbocycles. The molecular formula is C26H25N3O2S. The lowest BCUT2D eigenvalue weighted by atomic mass is 9.83. The highest BCUT2D eigenvalue weighted by Crippen LogP contribution is 2.44. The molecule has 0 aliphatic heterocycles. The highest BCUT2D eigenvalue weighted by atomic mass is 32.1. The average molecular weight is 444 g/mol. The Balaban J connectivity index is 1.39. The maximum absolute atomic E-state index is 12.5. The van der Waals surface area contributed by atoms with Crippen LogP contribution in [0.2, 0.25) is 0 Å². The summed E-state index contributed by atoms with van der Waals surface area (Å²) in [6, 6.07) is 14.3. The third-order valence-electron chi connectivity index (χ3n) is 6.95. The van der Waals surface area contributed by atoms with E-state index in [1.54, 1.807) is 11.3 Å². The molecule has 32 heavy (non-hydrogen) atoms. The molecule has 5 nitrogen and oxygen atoms in total. The largest absolute Gasteiger partial charge is 0.481 e. The second-order valence-electron chi connectivity index (χ2n) is 9.36. The number of carboxylic acids is 1. The minimum absolute atomic E-state index is 0.512. The average Bonchev–Trinajstić information content (AvgIpc) is 3.19. The molecule has 0 saturated heterocycles. The minimum atomic E-state index is -0.867. The second kappa shape index (κ2) is 7.01. The predicted octanol–water partition coefficient (Wildman–Crippen LogP) is 5.16. The Morgan fingerprint density at radius 1 is 1.12 bits per heavy atom. The second-order valence-corrected chi connectivity index (χ2v) is 10.5. The van der Waals surface area contributed by atoms with Gasteiger partial charge in [0.1, 0.15) is 16.8 Å². The number of carboxylic acid groups (broad SMARTS) is 1. The van der Waals surface area contributed by atoms with Crippen LogP contribution in [0.1, 0.15) is 56.7 Å². The van der Waals surface area contributed by atoms with Gasteiger partial charge in [0, 0.05) is 21.4 Å². The number of imidazole rings is 1. The van der Waals surface area contributed by atoms with Crippen LogP contribution >= 0.6 is 11.3 Å². The third kappa shape index (κ3) is 3.00. The van der Waals surface area contributed by atoms with Gasteiger partial charge < -0.3 is 9.67 Å². The molecule has 2 aliphatic rings. The van der Waals surface area contributed by atoms with Crippen molar-refractivity contribution in [2.24, 2.45) is 0 Å². The van der Waals surface area contributed by atoms with Crippen LogP contribution in [-0.4, -0.2) is 25.6 Å². The van der Waals surface area contributed by atoms with Crippen molar-refractivity contribution in [1.82, 2.24) is 14.5 Å². The van der Waals surface area contributed by atoms with E-state index in [0.717, 1.165) is 49.1 Å². The van der Waals surface area contributed by atoms with Gasteiger partial charge in [-0.25, -0.2) is 9.97 Å². The maximum Gasteiger partial charge on any atom is 0.315 e. The molecule has 2 aliphatic carbocycles. The first-order valence-corrected chi connectivity index (χ1v) is 12.0. The van der Waals surface area contributed by atoms with E-state index in [9.17, 15) is 9.90 Å². The highest BCUT2D eigenvalue weighted by molar-refractivity contribution is 7.12. The summed E-state index contributed by atoms with van der Waals surface area (Å²) in [6.45, 7) is 4.81. The number of nitrogens with zero attached hydrogens (tertiary/aromatic N) is 3. The molecular weight excluding hydrogens is 418 g/mol. The molecule has 1 fully saturated rings. The van der Waals surface area contributed by atoms with E-state index in [1.165, 1.54) is 12.8 Å². The number of fused-ring (bicyclic) bond motifs is 2. The Hall–Kier alpha value is -2.99. The number of aryl methyl sites for hydroxylation is 2. The van der Waals surface area contributed by atoms with Crippen LogP contribution < -0.4 is 0 Å². The molecule has 6 rings (SSSR count). The lowest BCUT2D eigenvalue weighted by Crippen LogP contribution is -2.35. The first-order chi connectivity index (χ1) is 15.4. The van der Waals surface area contributed by atoms with E-state index in [1.807, 2.05) is 25.1 Å². The molecule has 6 heteroatoms. The number of carbonyl (C=O) groups is 1. The van der Waals surface area contributed by atoms with Crippen LogP contribution in [0.5, 0.6) is 0 Å². The smallest absolute Gasteiger partial charge is 0.315 e. The van der Waals surface area contributed by atoms with Crippen molar-refractivity contribution in [1.29, 1.82) is 0 Å². The lowest BCUT2D eigenvalue weighted by molar-refractivity contribution is -0.143. The van der Waals surface area contributed by atoms with Crippen molar-refractivity contribution >= 4 is 28.5 Å². The molecule has 0 atom stereocenters. The summed E-state index contributed by atoms with van der Waals surface area (Å²) in [5.41, 5.74) is 5.53. The fourth-order valence-electron chi connectivity index (χ4n) is 5.15. The van der Waals surface area contributed by atoms with Crippen LogP contribution in [0.15, 0.2) is 42.5 Å². The van der Waals surface area contributed by atoms with Gasteiger partial charge in [0.05, 0.1) is 6.54 Å². The zero-order valence-electron chi connectivity index (χ0n) is 18.3. The number of pyridine rings is 1. The van der Waals surface area contributed by atoms with Gasteiger partial charge in [-0.3, -0.25) is 4.79 Å². The summed E-state index contributed by atoms with van der Waals surface area (Å²) in [4.78, 5) is 24.4. The summed E-state index contributed by atoms with van der Waals surface area (Å²) < 4.78 is 2.26. The summed E-state index contributed by atoms with van der Waals surface area (Å²) in [5.74, 6) is 0.900. The number of aliphatic carboxylic acids is 1. The van der Waals surface area contributed by atoms with Crippen molar-refractivity contribution in [3.05, 3.63) is 80.4 Å². The number of aromatic nitrogens is 3. The quantitative estimate of drug-likeness (QED) is 0.463. The Bertz CT molecular complexity index is 1350. The molecule has 0 unspecified atom stereocenters. The van der Waals surface area contributed by atoms with Gasteiger partial charge in [0.2, 0.25) is 0 Å². The number of hydrogen-bond donors (Lipinski definition) is 1. The Morgan fingerprint density at radius 3 is 2.50 bits per heavy atom. The standard InChI is InChI=1S/C26H25N3O2S/c1-15-11-16(2)27-24-22(15)28-23(17-7-8-17)29(24)14-20-9-10-21(32-20)26(25(30)31)12-18-5-3-4-6-19(18)13-26/h3-6,9-11,17H,7-8,12-14H2,1-2H3,(H,30,31). The maximum atomic E-state index is 12.5. The van der Waals surface area contributed by atoms with Crippen molar-refractivity contribution in [3.63, 3.8) is 0 Å². The SMILES string of the molecule is Cc1cc(C)c2nc(C3CC3)n(Cc3ccc(C4(C(=O)O)Cc5ccccc5C4)s3)c2n1. The van der Waals surface area contributed by atoms with Gasteiger partial charge >= 0.3 is 5.97 Å². The minimum Gasteiger partial charge on any atom is -0.481 e. The molecule has 0 radical (unpaired) electrons. The van der Waals surface area contributed by atoms with E-state index in [-0.39, 0.29) is 0 Å². The summed E-state index contributed by atoms with van der Waals surface area (Å²) in [7, 11) is 0. The monoisotopic (exact) mass is 443 g/mol. The van der Waals surface area contributed by atoms with Crippen molar-refractivity contribution in [2.45, 2.75) is 57.4 Å². The zero-order chi connectivity index (χ0) is 22.0. The fourth-order valence-corrected chi connectivity index (χ4v) is 6.33. The fraction of sp³-hybridized carbons (Fsp3) is 0.346. The summed E-state index contributed by atoms with van der Waals surface area (Å²) in [6.07, 6.45) is 3.47. The van der Waals surface area contributed by atoms with Crippen LogP contribution in [0.3, 0.4) is 0 Å². The van der Waals surface area contributed by atoms with Crippen LogP contribution in [0.4, 0.5) is 0 Å². The number of hydrogen-bond acceptors (Lipinski definition) is 4. The summed E-state index contributed by atoms with van der Waals surface area (Å²) in [5, 5.41) is 10.3.